The van der Waals surface area contributed by atoms with Crippen LogP contribution in [0.3, 0.4) is 0 Å². The largest absolute Gasteiger partial charge is 0.494 e. The molecule has 0 aliphatic rings. The van der Waals surface area contributed by atoms with Gasteiger partial charge in [-0.15, -0.1) is 0 Å². The van der Waals surface area contributed by atoms with Gasteiger partial charge in [0.1, 0.15) is 11.2 Å². The van der Waals surface area contributed by atoms with Gasteiger partial charge in [0, 0.05) is 11.7 Å². The fraction of sp³-hybridized carbons (Fsp3) is 0.500. The number of rotatable bonds is 6. The summed E-state index contributed by atoms with van der Waals surface area (Å²) in [5, 5.41) is 5.51. The molecular weight excluding hydrogens is 268 g/mol. The molecule has 2 N–H and O–H groups in total. The molecule has 0 unspecified atom stereocenters. The summed E-state index contributed by atoms with van der Waals surface area (Å²) in [6.45, 7) is 9.43. The van der Waals surface area contributed by atoms with Gasteiger partial charge in [-0.25, -0.2) is 0 Å². The number of carbonyl (C=O) groups is 2. The van der Waals surface area contributed by atoms with Crippen LogP contribution in [0, 0.1) is 5.41 Å². The zero-order valence-electron chi connectivity index (χ0n) is 13.3. The highest BCUT2D eigenvalue weighted by molar-refractivity contribution is 6.09. The number of nitrogens with one attached hydrogen (secondary N) is 2. The van der Waals surface area contributed by atoms with E-state index in [1.54, 1.807) is 38.1 Å². The highest BCUT2D eigenvalue weighted by atomic mass is 16.5. The summed E-state index contributed by atoms with van der Waals surface area (Å²) in [5.74, 6) is 0.109. The van der Waals surface area contributed by atoms with E-state index in [4.69, 9.17) is 4.74 Å². The van der Waals surface area contributed by atoms with E-state index in [9.17, 15) is 9.59 Å². The molecule has 0 bridgehead atoms. The minimum atomic E-state index is -1.14. The molecule has 0 radical (unpaired) electrons. The second-order valence-corrected chi connectivity index (χ2v) is 5.66. The molecule has 1 aromatic carbocycles. The Morgan fingerprint density at radius 2 is 1.71 bits per heavy atom. The van der Waals surface area contributed by atoms with E-state index in [1.807, 2.05) is 20.8 Å². The van der Waals surface area contributed by atoms with E-state index in [2.05, 4.69) is 10.6 Å². The van der Waals surface area contributed by atoms with Crippen molar-refractivity contribution in [2.24, 2.45) is 5.41 Å². The fourth-order valence-electron chi connectivity index (χ4n) is 1.63. The molecule has 0 aliphatic heterocycles. The summed E-state index contributed by atoms with van der Waals surface area (Å²) in [6, 6.07) is 7.05. The molecule has 0 aromatic heterocycles. The number of hydrogen-bond acceptors (Lipinski definition) is 3. The van der Waals surface area contributed by atoms with Gasteiger partial charge in [0.2, 0.25) is 11.8 Å². The van der Waals surface area contributed by atoms with Crippen LogP contribution in [-0.2, 0) is 9.59 Å². The van der Waals surface area contributed by atoms with Crippen LogP contribution < -0.4 is 15.4 Å². The van der Waals surface area contributed by atoms with Crippen LogP contribution in [0.25, 0.3) is 0 Å². The fourth-order valence-corrected chi connectivity index (χ4v) is 1.63. The highest BCUT2D eigenvalue weighted by Crippen LogP contribution is 2.21. The first-order valence-corrected chi connectivity index (χ1v) is 7.12. The van der Waals surface area contributed by atoms with Gasteiger partial charge in [0.25, 0.3) is 0 Å². The molecule has 0 saturated carbocycles. The zero-order chi connectivity index (χ0) is 16.0. The summed E-state index contributed by atoms with van der Waals surface area (Å²) in [4.78, 5) is 24.3. The normalized spacial score (nSPS) is 11.1. The predicted molar refractivity (Wildman–Crippen MR) is 83.3 cm³/mol. The van der Waals surface area contributed by atoms with Crippen molar-refractivity contribution in [3.8, 4) is 5.75 Å². The van der Waals surface area contributed by atoms with Crippen LogP contribution in [0.15, 0.2) is 24.3 Å². The maximum atomic E-state index is 12.3. The Hall–Kier alpha value is -2.04. The molecule has 0 spiro atoms. The molecule has 0 fully saturated rings. The predicted octanol–water partition coefficient (Wildman–Crippen LogP) is 2.57. The van der Waals surface area contributed by atoms with Gasteiger partial charge in [-0.2, -0.15) is 0 Å². The second-order valence-electron chi connectivity index (χ2n) is 5.66. The Bertz CT molecular complexity index is 493. The van der Waals surface area contributed by atoms with Gasteiger partial charge in [0.15, 0.2) is 0 Å². The minimum absolute atomic E-state index is 0.00458. The van der Waals surface area contributed by atoms with Crippen LogP contribution in [0.1, 0.15) is 34.6 Å². The standard InChI is InChI=1S/C16H24N2O3/c1-6-21-13-9-7-12(8-10-13)18-15(20)16(4,5)14(19)17-11(2)3/h7-11H,6H2,1-5H3,(H,17,19)(H,18,20). The Morgan fingerprint density at radius 3 is 2.19 bits per heavy atom. The van der Waals surface area contributed by atoms with Crippen molar-refractivity contribution >= 4 is 17.5 Å². The number of anilines is 1. The molecule has 116 valence electrons. The van der Waals surface area contributed by atoms with Crippen molar-refractivity contribution in [2.45, 2.75) is 40.7 Å². The molecule has 1 rings (SSSR count). The third kappa shape index (κ3) is 4.77. The van der Waals surface area contributed by atoms with Crippen LogP contribution in [0.4, 0.5) is 5.69 Å². The van der Waals surface area contributed by atoms with Crippen molar-refractivity contribution in [2.75, 3.05) is 11.9 Å². The van der Waals surface area contributed by atoms with Gasteiger partial charge < -0.3 is 15.4 Å². The first kappa shape index (κ1) is 17.0. The number of carbonyl (C=O) groups excluding carboxylic acids is 2. The lowest BCUT2D eigenvalue weighted by Gasteiger charge is -2.24. The molecule has 1 aromatic rings. The van der Waals surface area contributed by atoms with Crippen molar-refractivity contribution in [3.05, 3.63) is 24.3 Å². The van der Waals surface area contributed by atoms with Crippen molar-refractivity contribution in [1.29, 1.82) is 0 Å². The van der Waals surface area contributed by atoms with E-state index >= 15 is 0 Å². The van der Waals surface area contributed by atoms with E-state index in [0.29, 0.717) is 12.3 Å². The number of benzene rings is 1. The topological polar surface area (TPSA) is 67.4 Å². The summed E-state index contributed by atoms with van der Waals surface area (Å²) < 4.78 is 5.34. The van der Waals surface area contributed by atoms with Gasteiger partial charge in [-0.05, 0) is 58.9 Å². The van der Waals surface area contributed by atoms with Crippen molar-refractivity contribution < 1.29 is 14.3 Å². The Labute approximate surface area is 126 Å². The van der Waals surface area contributed by atoms with E-state index in [-0.39, 0.29) is 17.9 Å². The Balaban J connectivity index is 2.72. The molecular formula is C16H24N2O3. The number of hydrogen-bond donors (Lipinski definition) is 2. The average molecular weight is 292 g/mol. The summed E-state index contributed by atoms with van der Waals surface area (Å²) in [5.41, 5.74) is -0.503. The van der Waals surface area contributed by atoms with E-state index in [0.717, 1.165) is 5.75 Å². The molecule has 5 nitrogen and oxygen atoms in total. The molecule has 2 amide bonds. The maximum Gasteiger partial charge on any atom is 0.239 e. The van der Waals surface area contributed by atoms with E-state index in [1.165, 1.54) is 0 Å². The van der Waals surface area contributed by atoms with Gasteiger partial charge in [0.05, 0.1) is 6.61 Å². The third-order valence-corrected chi connectivity index (χ3v) is 2.98. The first-order chi connectivity index (χ1) is 9.77. The molecule has 0 heterocycles. The monoisotopic (exact) mass is 292 g/mol. The van der Waals surface area contributed by atoms with Crippen LogP contribution >= 0.6 is 0 Å². The van der Waals surface area contributed by atoms with E-state index < -0.39 is 5.41 Å². The minimum Gasteiger partial charge on any atom is -0.494 e. The molecule has 0 saturated heterocycles. The van der Waals surface area contributed by atoms with Crippen molar-refractivity contribution in [1.82, 2.24) is 5.32 Å². The summed E-state index contributed by atoms with van der Waals surface area (Å²) in [6.07, 6.45) is 0. The first-order valence-electron chi connectivity index (χ1n) is 7.12. The van der Waals surface area contributed by atoms with Gasteiger partial charge in [-0.3, -0.25) is 9.59 Å². The van der Waals surface area contributed by atoms with Crippen LogP contribution in [0.2, 0.25) is 0 Å². The summed E-state index contributed by atoms with van der Waals surface area (Å²) >= 11 is 0. The third-order valence-electron chi connectivity index (χ3n) is 2.98. The van der Waals surface area contributed by atoms with Crippen LogP contribution in [-0.4, -0.2) is 24.5 Å². The Kier molecular flexibility index (Phi) is 5.76. The molecule has 0 atom stereocenters. The molecule has 21 heavy (non-hydrogen) atoms. The molecule has 0 aliphatic carbocycles. The van der Waals surface area contributed by atoms with Crippen LogP contribution in [0.5, 0.6) is 5.75 Å². The second kappa shape index (κ2) is 7.11. The quantitative estimate of drug-likeness (QED) is 0.792. The maximum absolute atomic E-state index is 12.3. The van der Waals surface area contributed by atoms with Gasteiger partial charge >= 0.3 is 0 Å². The van der Waals surface area contributed by atoms with Gasteiger partial charge in [-0.1, -0.05) is 0 Å². The SMILES string of the molecule is CCOc1ccc(NC(=O)C(C)(C)C(=O)NC(C)C)cc1. The smallest absolute Gasteiger partial charge is 0.239 e. The lowest BCUT2D eigenvalue weighted by Crippen LogP contribution is -2.47. The average Bonchev–Trinajstić information content (AvgIpc) is 2.40. The van der Waals surface area contributed by atoms with Crippen molar-refractivity contribution in [3.63, 3.8) is 0 Å². The number of ether oxygens (including phenoxy) is 1. The summed E-state index contributed by atoms with van der Waals surface area (Å²) in [7, 11) is 0. The molecule has 5 heteroatoms. The highest BCUT2D eigenvalue weighted by Gasteiger charge is 2.36. The Morgan fingerprint density at radius 1 is 1.14 bits per heavy atom. The lowest BCUT2D eigenvalue weighted by atomic mass is 9.90. The number of amides is 2. The zero-order valence-corrected chi connectivity index (χ0v) is 13.3. The lowest BCUT2D eigenvalue weighted by molar-refractivity contribution is -0.138.